The van der Waals surface area contributed by atoms with Gasteiger partial charge in [0, 0.05) is 12.1 Å². The first-order chi connectivity index (χ1) is 15.1. The lowest BCUT2D eigenvalue weighted by Gasteiger charge is -2.59. The van der Waals surface area contributed by atoms with E-state index in [4.69, 9.17) is 0 Å². The summed E-state index contributed by atoms with van der Waals surface area (Å²) in [6.45, 7) is 6.90. The Bertz CT molecular complexity index is 983. The number of nitro benzene ring substituents is 1. The van der Waals surface area contributed by atoms with Gasteiger partial charge in [0.05, 0.1) is 21.9 Å². The Balaban J connectivity index is 1.33. The molecule has 0 spiro atoms. The molecular formula is C26H35N3O3. The van der Waals surface area contributed by atoms with Gasteiger partial charge in [-0.3, -0.25) is 15.5 Å². The molecule has 1 aromatic carbocycles. The zero-order valence-corrected chi connectivity index (χ0v) is 19.4. The number of nitrogens with one attached hydrogen (secondary N) is 1. The highest BCUT2D eigenvalue weighted by Crippen LogP contribution is 2.67. The van der Waals surface area contributed by atoms with Crippen molar-refractivity contribution in [3.05, 3.63) is 46.0 Å². The van der Waals surface area contributed by atoms with Gasteiger partial charge in [-0.25, -0.2) is 0 Å². The molecule has 0 aliphatic heterocycles. The van der Waals surface area contributed by atoms with E-state index in [1.54, 1.807) is 17.7 Å². The molecule has 3 saturated carbocycles. The number of nitrogens with zero attached hydrogens (tertiary/aromatic N) is 2. The van der Waals surface area contributed by atoms with Gasteiger partial charge in [-0.05, 0) is 105 Å². The molecule has 0 saturated heterocycles. The minimum Gasteiger partial charge on any atom is -0.390 e. The molecule has 5 rings (SSSR count). The molecule has 6 unspecified atom stereocenters. The Kier molecular flexibility index (Phi) is 5.01. The van der Waals surface area contributed by atoms with Crippen molar-refractivity contribution in [3.63, 3.8) is 0 Å². The Morgan fingerprint density at radius 2 is 1.75 bits per heavy atom. The Morgan fingerprint density at radius 1 is 1.03 bits per heavy atom. The number of hydrazone groups is 1. The summed E-state index contributed by atoms with van der Waals surface area (Å²) in [7, 11) is 0. The van der Waals surface area contributed by atoms with Gasteiger partial charge in [0.1, 0.15) is 0 Å². The summed E-state index contributed by atoms with van der Waals surface area (Å²) in [4.78, 5) is 10.4. The third-order valence-corrected chi connectivity index (χ3v) is 9.95. The van der Waals surface area contributed by atoms with Crippen molar-refractivity contribution in [1.29, 1.82) is 0 Å². The minimum absolute atomic E-state index is 0.0711. The van der Waals surface area contributed by atoms with E-state index in [1.807, 2.05) is 0 Å². The highest BCUT2D eigenvalue weighted by atomic mass is 16.6. The van der Waals surface area contributed by atoms with Crippen molar-refractivity contribution in [1.82, 2.24) is 0 Å². The van der Waals surface area contributed by atoms with Crippen LogP contribution in [0.2, 0.25) is 0 Å². The number of anilines is 1. The summed E-state index contributed by atoms with van der Waals surface area (Å²) in [6, 6.07) is 6.39. The lowest BCUT2D eigenvalue weighted by Crippen LogP contribution is -2.53. The van der Waals surface area contributed by atoms with Crippen molar-refractivity contribution in [2.45, 2.75) is 77.7 Å². The maximum atomic E-state index is 11.1. The number of aliphatic hydroxyl groups is 1. The molecule has 0 amide bonds. The summed E-state index contributed by atoms with van der Waals surface area (Å²) in [5.41, 5.74) is 6.34. The first-order valence-electron chi connectivity index (χ1n) is 12.1. The second kappa shape index (κ2) is 7.41. The van der Waals surface area contributed by atoms with Crippen molar-refractivity contribution in [2.24, 2.45) is 33.7 Å². The number of nitro groups is 1. The van der Waals surface area contributed by atoms with Gasteiger partial charge >= 0.3 is 0 Å². The smallest absolute Gasteiger partial charge is 0.269 e. The van der Waals surface area contributed by atoms with Crippen molar-refractivity contribution < 1.29 is 10.0 Å². The molecule has 2 N–H and O–H groups in total. The van der Waals surface area contributed by atoms with E-state index >= 15 is 0 Å². The molecule has 4 aliphatic carbocycles. The van der Waals surface area contributed by atoms with Crippen LogP contribution in [0.3, 0.4) is 0 Å². The molecule has 0 aromatic heterocycles. The third-order valence-electron chi connectivity index (χ3n) is 9.95. The molecule has 0 radical (unpaired) electrons. The second-order valence-corrected chi connectivity index (χ2v) is 11.3. The van der Waals surface area contributed by atoms with Gasteiger partial charge in [-0.2, -0.15) is 5.10 Å². The van der Waals surface area contributed by atoms with Crippen LogP contribution in [0.15, 0.2) is 41.0 Å². The summed E-state index contributed by atoms with van der Waals surface area (Å²) < 4.78 is 0. The highest BCUT2D eigenvalue weighted by Gasteiger charge is 2.62. The lowest BCUT2D eigenvalue weighted by molar-refractivity contribution is -0.384. The maximum absolute atomic E-state index is 11.1. The number of allylic oxidation sites excluding steroid dienone is 2. The molecule has 1 aromatic rings. The molecule has 0 bridgehead atoms. The number of rotatable bonds is 3. The van der Waals surface area contributed by atoms with Crippen LogP contribution in [0.25, 0.3) is 0 Å². The SMILES string of the molecule is CC12CC/C(=N/Nc3ccc([N+](=O)[O-])cc3)C=C1CCC1C2CCC2(C)C1CCC2(C)O. The third kappa shape index (κ3) is 3.21. The van der Waals surface area contributed by atoms with E-state index in [0.29, 0.717) is 11.8 Å². The Hall–Kier alpha value is -2.21. The zero-order valence-electron chi connectivity index (χ0n) is 19.4. The van der Waals surface area contributed by atoms with Crippen molar-refractivity contribution in [3.8, 4) is 0 Å². The molecule has 6 nitrogen and oxygen atoms in total. The predicted octanol–water partition coefficient (Wildman–Crippen LogP) is 6.08. The molecule has 172 valence electrons. The van der Waals surface area contributed by atoms with Gasteiger partial charge in [-0.1, -0.05) is 19.4 Å². The van der Waals surface area contributed by atoms with Crippen LogP contribution in [0.4, 0.5) is 11.4 Å². The maximum Gasteiger partial charge on any atom is 0.269 e. The monoisotopic (exact) mass is 437 g/mol. The van der Waals surface area contributed by atoms with Crippen molar-refractivity contribution >= 4 is 17.1 Å². The average molecular weight is 438 g/mol. The van der Waals surface area contributed by atoms with Gasteiger partial charge in [0.25, 0.3) is 5.69 Å². The topological polar surface area (TPSA) is 87.8 Å². The average Bonchev–Trinajstić information content (AvgIpc) is 3.01. The molecule has 0 heterocycles. The van der Waals surface area contributed by atoms with Gasteiger partial charge in [0.2, 0.25) is 0 Å². The Morgan fingerprint density at radius 3 is 2.47 bits per heavy atom. The standard InChI is InChI=1S/C26H35N3O3/c1-24-13-10-19(28-27-18-5-7-20(8-6-18)29(31)32)16-17(24)4-9-21-22(24)11-14-25(2)23(21)12-15-26(25,3)30/h5-8,16,21-23,27,30H,4,9-15H2,1-3H3/b28-19-. The van der Waals surface area contributed by atoms with Crippen LogP contribution < -0.4 is 5.43 Å². The quantitative estimate of drug-likeness (QED) is 0.443. The van der Waals surface area contributed by atoms with Crippen LogP contribution >= 0.6 is 0 Å². The molecule has 6 heteroatoms. The van der Waals surface area contributed by atoms with E-state index in [1.165, 1.54) is 31.4 Å². The van der Waals surface area contributed by atoms with Crippen LogP contribution in [-0.2, 0) is 0 Å². The van der Waals surface area contributed by atoms with Crippen LogP contribution in [0.5, 0.6) is 0 Å². The van der Waals surface area contributed by atoms with E-state index in [2.05, 4.69) is 37.4 Å². The number of hydrogen-bond donors (Lipinski definition) is 2. The van der Waals surface area contributed by atoms with Gasteiger partial charge in [-0.15, -0.1) is 0 Å². The number of benzene rings is 1. The largest absolute Gasteiger partial charge is 0.390 e. The van der Waals surface area contributed by atoms with Crippen molar-refractivity contribution in [2.75, 3.05) is 5.43 Å². The lowest BCUT2D eigenvalue weighted by atomic mass is 9.46. The zero-order chi connectivity index (χ0) is 22.7. The molecule has 6 atom stereocenters. The highest BCUT2D eigenvalue weighted by molar-refractivity contribution is 5.97. The number of non-ortho nitro benzene ring substituents is 1. The van der Waals surface area contributed by atoms with Crippen LogP contribution in [0, 0.1) is 38.7 Å². The second-order valence-electron chi connectivity index (χ2n) is 11.3. The van der Waals surface area contributed by atoms with Gasteiger partial charge in [0.15, 0.2) is 0 Å². The fraction of sp³-hybridized carbons (Fsp3) is 0.654. The van der Waals surface area contributed by atoms with E-state index in [-0.39, 0.29) is 16.5 Å². The van der Waals surface area contributed by atoms with E-state index in [9.17, 15) is 15.2 Å². The minimum atomic E-state index is -0.518. The summed E-state index contributed by atoms with van der Waals surface area (Å²) >= 11 is 0. The number of fused-ring (bicyclic) bond motifs is 5. The summed E-state index contributed by atoms with van der Waals surface area (Å²) in [5, 5.41) is 26.6. The summed E-state index contributed by atoms with van der Waals surface area (Å²) in [6.07, 6.45) is 11.2. The van der Waals surface area contributed by atoms with E-state index < -0.39 is 10.5 Å². The van der Waals surface area contributed by atoms with Crippen LogP contribution in [0.1, 0.15) is 72.1 Å². The van der Waals surface area contributed by atoms with Gasteiger partial charge < -0.3 is 5.11 Å². The van der Waals surface area contributed by atoms with Crippen LogP contribution in [-0.4, -0.2) is 21.3 Å². The summed E-state index contributed by atoms with van der Waals surface area (Å²) in [5.74, 6) is 2.08. The van der Waals surface area contributed by atoms with E-state index in [0.717, 1.165) is 49.4 Å². The fourth-order valence-corrected chi connectivity index (χ4v) is 7.70. The number of hydrogen-bond acceptors (Lipinski definition) is 5. The first-order valence-corrected chi connectivity index (χ1v) is 12.1. The molecule has 3 fully saturated rings. The molecular weight excluding hydrogens is 402 g/mol. The fourth-order valence-electron chi connectivity index (χ4n) is 7.70. The molecule has 32 heavy (non-hydrogen) atoms. The normalized spacial score (nSPS) is 41.9. The first kappa shape index (κ1) is 21.6. The Labute approximate surface area is 190 Å². The predicted molar refractivity (Wildman–Crippen MR) is 126 cm³/mol. The molecule has 4 aliphatic rings.